The minimum atomic E-state index is 0. The smallest absolute Gasteiger partial charge is 0.117 e. The summed E-state index contributed by atoms with van der Waals surface area (Å²) in [5, 5.41) is 0. The van der Waals surface area contributed by atoms with E-state index in [-0.39, 0.29) is 14.9 Å². The number of ether oxygens (including phenoxy) is 2. The van der Waals surface area contributed by atoms with Crippen molar-refractivity contribution in [2.24, 2.45) is 0 Å². The van der Waals surface area contributed by atoms with Gasteiger partial charge in [0, 0.05) is 6.61 Å². The second-order valence-electron chi connectivity index (χ2n) is 1.66. The molecule has 68 valence electrons. The van der Waals surface area contributed by atoms with Crippen LogP contribution in [-0.2, 0) is 9.47 Å². The van der Waals surface area contributed by atoms with Crippen molar-refractivity contribution >= 4 is 0 Å². The van der Waals surface area contributed by atoms with E-state index >= 15 is 0 Å². The van der Waals surface area contributed by atoms with Gasteiger partial charge in [0.2, 0.25) is 0 Å². The van der Waals surface area contributed by atoms with Crippen LogP contribution in [0.15, 0.2) is 0 Å². The molecule has 0 atom stereocenters. The summed E-state index contributed by atoms with van der Waals surface area (Å²) in [7, 11) is 0. The van der Waals surface area contributed by atoms with Crippen molar-refractivity contribution in [1.29, 1.82) is 0 Å². The first-order valence-corrected chi connectivity index (χ1v) is 2.78. The molecule has 0 heterocycles. The molecule has 0 unspecified atom stereocenters. The molecular weight excluding hydrogens is 395 g/mol. The summed E-state index contributed by atoms with van der Waals surface area (Å²) >= 11 is 0. The Morgan fingerprint density at radius 3 is 1.91 bits per heavy atom. The van der Waals surface area contributed by atoms with E-state index in [1.807, 2.05) is 20.8 Å². The molecule has 0 aliphatic heterocycles. The van der Waals surface area contributed by atoms with Crippen LogP contribution in [-0.4, -0.2) is 13.4 Å². The van der Waals surface area contributed by atoms with Crippen LogP contribution >= 0.6 is 0 Å². The molecule has 0 aliphatic rings. The third-order valence-electron chi connectivity index (χ3n) is 0.635. The standard InChI is InChI=1S/C6H13O2.2CH4.Rf/c1-4-7-5-8-6(2)3;;;/h4-5H2,1-3H3;2*1H4;/q-1;;;. The van der Waals surface area contributed by atoms with Gasteiger partial charge < -0.3 is 9.47 Å². The molecule has 0 aromatic rings. The topological polar surface area (TPSA) is 18.5 Å². The van der Waals surface area contributed by atoms with Gasteiger partial charge in [0.1, 0.15) is 6.79 Å². The van der Waals surface area contributed by atoms with Crippen molar-refractivity contribution < 1.29 is 9.47 Å². The molecule has 0 rings (SSSR count). The predicted molar refractivity (Wildman–Crippen MR) is 45.6 cm³/mol. The Kier molecular flexibility index (Phi) is 32.7. The number of hydrogen-bond acceptors (Lipinski definition) is 2. The first kappa shape index (κ1) is 22.5. The Morgan fingerprint density at radius 2 is 1.64 bits per heavy atom. The van der Waals surface area contributed by atoms with Crippen molar-refractivity contribution in [3.63, 3.8) is 0 Å². The Bertz CT molecular complexity index is 49.4. The maximum absolute atomic E-state index is 4.98. The molecule has 0 saturated heterocycles. The quantitative estimate of drug-likeness (QED) is 0.399. The van der Waals surface area contributed by atoms with E-state index < -0.39 is 0 Å². The van der Waals surface area contributed by atoms with Gasteiger partial charge in [0.15, 0.2) is 0 Å². The Balaban J connectivity index is -0.0000000817. The van der Waals surface area contributed by atoms with E-state index in [0.717, 1.165) is 6.10 Å². The van der Waals surface area contributed by atoms with Crippen molar-refractivity contribution in [2.75, 3.05) is 13.4 Å². The molecule has 11 heavy (non-hydrogen) atoms. The molecular formula is C8H21O2Rf-. The van der Waals surface area contributed by atoms with Crippen LogP contribution in [0.4, 0.5) is 0 Å². The fourth-order valence-electron chi connectivity index (χ4n) is 0.243. The van der Waals surface area contributed by atoms with Crippen LogP contribution in [0.3, 0.4) is 0 Å². The van der Waals surface area contributed by atoms with Crippen molar-refractivity contribution in [2.45, 2.75) is 35.6 Å². The SMILES string of the molecule is C.C.CCOCO[C-](C)C.[Rf]. The van der Waals surface area contributed by atoms with Crippen molar-refractivity contribution in [1.82, 2.24) is 0 Å². The molecule has 2 nitrogen and oxygen atoms in total. The summed E-state index contributed by atoms with van der Waals surface area (Å²) in [5.74, 6) is 0. The second-order valence-corrected chi connectivity index (χ2v) is 1.66. The molecule has 0 N–H and O–H groups in total. The van der Waals surface area contributed by atoms with E-state index in [1.165, 1.54) is 0 Å². The normalized spacial score (nSPS) is 7.64. The van der Waals surface area contributed by atoms with Gasteiger partial charge >= 0.3 is 0 Å². The fourth-order valence-corrected chi connectivity index (χ4v) is 0.243. The van der Waals surface area contributed by atoms with Gasteiger partial charge in [-0.3, -0.25) is 0 Å². The van der Waals surface area contributed by atoms with E-state index in [9.17, 15) is 0 Å². The van der Waals surface area contributed by atoms with Gasteiger partial charge in [-0.15, -0.1) is 0 Å². The van der Waals surface area contributed by atoms with E-state index in [2.05, 4.69) is 0 Å². The van der Waals surface area contributed by atoms with Gasteiger partial charge in [-0.1, -0.05) is 14.9 Å². The van der Waals surface area contributed by atoms with Crippen molar-refractivity contribution in [3.05, 3.63) is 6.10 Å². The average Bonchev–Trinajstić information content (AvgIpc) is 1.66. The Labute approximate surface area is 65.5 Å². The summed E-state index contributed by atoms with van der Waals surface area (Å²) in [6.45, 7) is 6.85. The van der Waals surface area contributed by atoms with Crippen LogP contribution in [0.1, 0.15) is 35.6 Å². The third kappa shape index (κ3) is 27.8. The van der Waals surface area contributed by atoms with Crippen LogP contribution in [0.5, 0.6) is 0 Å². The largest absolute Gasteiger partial charge is 0.529 e. The maximum atomic E-state index is 4.98. The number of hydrogen-bond donors (Lipinski definition) is 0. The minimum absolute atomic E-state index is 0. The molecule has 0 saturated carbocycles. The Hall–Kier alpha value is -1.08. The summed E-state index contributed by atoms with van der Waals surface area (Å²) in [5.41, 5.74) is 0. The zero-order chi connectivity index (χ0) is 6.41. The summed E-state index contributed by atoms with van der Waals surface area (Å²) < 4.78 is 9.88. The summed E-state index contributed by atoms with van der Waals surface area (Å²) in [6, 6.07) is 0. The molecule has 0 aromatic carbocycles. The minimum Gasteiger partial charge on any atom is -0.529 e. The number of rotatable bonds is 4. The Morgan fingerprint density at radius 1 is 1.18 bits per heavy atom. The maximum Gasteiger partial charge on any atom is 0.117 e. The van der Waals surface area contributed by atoms with Crippen molar-refractivity contribution in [3.8, 4) is 0 Å². The molecule has 0 fully saturated rings. The zero-order valence-corrected chi connectivity index (χ0v) is 12.8. The van der Waals surface area contributed by atoms with Gasteiger partial charge in [0.05, 0.1) is 0 Å². The molecule has 0 spiro atoms. The van der Waals surface area contributed by atoms with Gasteiger partial charge in [0.25, 0.3) is 0 Å². The molecule has 0 aromatic heterocycles. The first-order chi connectivity index (χ1) is 3.77. The first-order valence-electron chi connectivity index (χ1n) is 2.78. The van der Waals surface area contributed by atoms with E-state index in [0.29, 0.717) is 13.4 Å². The van der Waals surface area contributed by atoms with E-state index in [4.69, 9.17) is 9.47 Å². The van der Waals surface area contributed by atoms with Crippen LogP contribution in [0.2, 0.25) is 0 Å². The molecule has 0 amide bonds. The third-order valence-corrected chi connectivity index (χ3v) is 0.635. The van der Waals surface area contributed by atoms with Crippen LogP contribution < -0.4 is 0 Å². The predicted octanol–water partition coefficient (Wildman–Crippen LogP) is 2.84. The monoisotopic (exact) mass is 416 g/mol. The molecule has 3 heteroatoms. The molecule has 0 aliphatic carbocycles. The van der Waals surface area contributed by atoms with E-state index in [1.54, 1.807) is 0 Å². The summed E-state index contributed by atoms with van der Waals surface area (Å²) in [6.07, 6.45) is 0.943. The van der Waals surface area contributed by atoms with Gasteiger partial charge in [-0.2, -0.15) is 13.8 Å². The van der Waals surface area contributed by atoms with Gasteiger partial charge in [-0.05, 0) is 6.92 Å². The van der Waals surface area contributed by atoms with Crippen LogP contribution in [0, 0.1) is 6.10 Å². The molecule has 0 radical (unpaired) electrons. The average molecular weight is 416 g/mol. The fraction of sp³-hybridized carbons (Fsp3) is 0.875. The van der Waals surface area contributed by atoms with Gasteiger partial charge in [-0.25, -0.2) is 6.10 Å². The second kappa shape index (κ2) is 16.0. The summed E-state index contributed by atoms with van der Waals surface area (Å²) in [4.78, 5) is 0. The van der Waals surface area contributed by atoms with Crippen LogP contribution in [0.25, 0.3) is 0 Å². The zero-order valence-electron chi connectivity index (χ0n) is 6.44. The molecule has 0 bridgehead atoms.